The number of benzene rings is 1. The normalized spacial score (nSPS) is 9.81. The number of nitrogens with two attached hydrogens (primary N) is 1. The van der Waals surface area contributed by atoms with Crippen LogP contribution in [0.25, 0.3) is 0 Å². The molecule has 0 heterocycles. The van der Waals surface area contributed by atoms with Gasteiger partial charge in [-0.05, 0) is 19.1 Å². The Bertz CT molecular complexity index is 376. The fourth-order valence-corrected chi connectivity index (χ4v) is 1.89. The van der Waals surface area contributed by atoms with Crippen LogP contribution in [-0.2, 0) is 4.79 Å². The number of carbonyl (C=O) groups excluding carboxylic acids is 1. The molecule has 0 bridgehead atoms. The molecule has 0 radical (unpaired) electrons. The van der Waals surface area contributed by atoms with Crippen molar-refractivity contribution in [1.29, 1.82) is 0 Å². The van der Waals surface area contributed by atoms with Gasteiger partial charge in [0.15, 0.2) is 0 Å². The third-order valence-corrected chi connectivity index (χ3v) is 3.12. The summed E-state index contributed by atoms with van der Waals surface area (Å²) < 4.78 is 0. The molecule has 16 heavy (non-hydrogen) atoms. The van der Waals surface area contributed by atoms with Gasteiger partial charge in [-0.15, -0.1) is 11.8 Å². The third kappa shape index (κ3) is 5.14. The molecule has 0 aromatic heterocycles. The van der Waals surface area contributed by atoms with Crippen molar-refractivity contribution in [2.45, 2.75) is 6.92 Å². The van der Waals surface area contributed by atoms with Crippen LogP contribution in [-0.4, -0.2) is 22.4 Å². The van der Waals surface area contributed by atoms with Gasteiger partial charge in [0.25, 0.3) is 0 Å². The lowest BCUT2D eigenvalue weighted by Gasteiger charge is -2.05. The van der Waals surface area contributed by atoms with Crippen molar-refractivity contribution in [1.82, 2.24) is 0 Å². The predicted molar refractivity (Wildman–Crippen MR) is 73.9 cm³/mol. The van der Waals surface area contributed by atoms with Crippen LogP contribution < -0.4 is 11.1 Å². The molecular formula is C11H14N2OS2. The number of hydrogen-bond acceptors (Lipinski definition) is 3. The van der Waals surface area contributed by atoms with Gasteiger partial charge in [0, 0.05) is 11.4 Å². The average molecular weight is 254 g/mol. The number of amides is 1. The van der Waals surface area contributed by atoms with E-state index in [9.17, 15) is 4.79 Å². The summed E-state index contributed by atoms with van der Waals surface area (Å²) in [5.74, 6) is 0.868. The molecule has 3 N–H and O–H groups in total. The number of anilines is 1. The minimum absolute atomic E-state index is 0.0369. The molecule has 1 aromatic rings. The largest absolute Gasteiger partial charge is 0.393 e. The molecule has 1 amide bonds. The second-order valence-electron chi connectivity index (χ2n) is 3.37. The molecule has 0 fully saturated rings. The fourth-order valence-electron chi connectivity index (χ4n) is 1.08. The molecule has 1 rings (SSSR count). The molecule has 0 saturated carbocycles. The van der Waals surface area contributed by atoms with Gasteiger partial charge in [-0.2, -0.15) is 0 Å². The quantitative estimate of drug-likeness (QED) is 0.789. The molecule has 0 aliphatic carbocycles. The van der Waals surface area contributed by atoms with E-state index in [-0.39, 0.29) is 5.91 Å². The van der Waals surface area contributed by atoms with Crippen molar-refractivity contribution < 1.29 is 4.79 Å². The van der Waals surface area contributed by atoms with Crippen LogP contribution in [0.3, 0.4) is 0 Å². The van der Waals surface area contributed by atoms with Gasteiger partial charge < -0.3 is 11.1 Å². The van der Waals surface area contributed by atoms with E-state index in [1.807, 2.05) is 31.2 Å². The van der Waals surface area contributed by atoms with Crippen LogP contribution in [0.2, 0.25) is 0 Å². The summed E-state index contributed by atoms with van der Waals surface area (Å²) in [5, 5.41) is 2.80. The van der Waals surface area contributed by atoms with E-state index < -0.39 is 0 Å². The van der Waals surface area contributed by atoms with Crippen LogP contribution in [0.1, 0.15) is 5.56 Å². The maximum Gasteiger partial charge on any atom is 0.234 e. The van der Waals surface area contributed by atoms with Crippen molar-refractivity contribution in [3.05, 3.63) is 29.8 Å². The Morgan fingerprint density at radius 3 is 2.56 bits per heavy atom. The molecule has 0 saturated heterocycles. The maximum absolute atomic E-state index is 11.5. The van der Waals surface area contributed by atoms with E-state index in [0.717, 1.165) is 5.69 Å². The van der Waals surface area contributed by atoms with Crippen molar-refractivity contribution in [3.8, 4) is 0 Å². The fraction of sp³-hybridized carbons (Fsp3) is 0.273. The minimum Gasteiger partial charge on any atom is -0.393 e. The standard InChI is InChI=1S/C11H14N2OS2/c1-8-2-4-9(5-3-8)13-11(14)7-16-6-10(12)15/h2-5H,6-7H2,1H3,(H2,12,15)(H,13,14). The number of hydrogen-bond donors (Lipinski definition) is 2. The number of thiocarbonyl (C=S) groups is 1. The molecule has 5 heteroatoms. The molecule has 1 aromatic carbocycles. The van der Waals surface area contributed by atoms with Crippen LogP contribution in [0, 0.1) is 6.92 Å². The van der Waals surface area contributed by atoms with E-state index in [4.69, 9.17) is 18.0 Å². The summed E-state index contributed by atoms with van der Waals surface area (Å²) >= 11 is 6.13. The number of nitrogens with one attached hydrogen (secondary N) is 1. The van der Waals surface area contributed by atoms with E-state index in [1.165, 1.54) is 17.3 Å². The Morgan fingerprint density at radius 1 is 1.38 bits per heavy atom. The Morgan fingerprint density at radius 2 is 2.00 bits per heavy atom. The lowest BCUT2D eigenvalue weighted by molar-refractivity contribution is -0.113. The summed E-state index contributed by atoms with van der Waals surface area (Å²) in [7, 11) is 0. The third-order valence-electron chi connectivity index (χ3n) is 1.81. The highest BCUT2D eigenvalue weighted by atomic mass is 32.2. The first-order valence-corrected chi connectivity index (χ1v) is 6.37. The monoisotopic (exact) mass is 254 g/mol. The number of rotatable bonds is 5. The average Bonchev–Trinajstić information content (AvgIpc) is 2.21. The van der Waals surface area contributed by atoms with Crippen molar-refractivity contribution >= 4 is 40.6 Å². The Balaban J connectivity index is 2.34. The molecule has 86 valence electrons. The van der Waals surface area contributed by atoms with E-state index >= 15 is 0 Å². The van der Waals surface area contributed by atoms with E-state index in [1.54, 1.807) is 0 Å². The summed E-state index contributed by atoms with van der Waals surface area (Å²) in [4.78, 5) is 11.9. The lowest BCUT2D eigenvalue weighted by Crippen LogP contribution is -2.17. The topological polar surface area (TPSA) is 55.1 Å². The highest BCUT2D eigenvalue weighted by Gasteiger charge is 2.02. The molecule has 0 aliphatic rings. The van der Waals surface area contributed by atoms with Crippen LogP contribution in [0.15, 0.2) is 24.3 Å². The molecule has 3 nitrogen and oxygen atoms in total. The predicted octanol–water partition coefficient (Wildman–Crippen LogP) is 1.95. The van der Waals surface area contributed by atoms with Crippen LogP contribution >= 0.6 is 24.0 Å². The first kappa shape index (κ1) is 13.0. The molecule has 0 unspecified atom stereocenters. The number of carbonyl (C=O) groups is 1. The molecule has 0 atom stereocenters. The second-order valence-corrected chi connectivity index (χ2v) is 4.88. The van der Waals surface area contributed by atoms with E-state index in [2.05, 4.69) is 5.32 Å². The summed E-state index contributed by atoms with van der Waals surface area (Å²) in [6.45, 7) is 2.00. The van der Waals surface area contributed by atoms with Crippen molar-refractivity contribution in [2.75, 3.05) is 16.8 Å². The summed E-state index contributed by atoms with van der Waals surface area (Å²) in [6, 6.07) is 7.67. The first-order valence-electron chi connectivity index (χ1n) is 4.80. The number of aryl methyl sites for hydroxylation is 1. The molecule has 0 spiro atoms. The Hall–Kier alpha value is -1.07. The maximum atomic E-state index is 11.5. The van der Waals surface area contributed by atoms with Gasteiger partial charge in [-0.25, -0.2) is 0 Å². The van der Waals surface area contributed by atoms with Gasteiger partial charge in [0.2, 0.25) is 5.91 Å². The summed E-state index contributed by atoms with van der Waals surface area (Å²) in [6.07, 6.45) is 0. The Kier molecular flexibility index (Phi) is 5.28. The minimum atomic E-state index is -0.0369. The lowest BCUT2D eigenvalue weighted by atomic mass is 10.2. The van der Waals surface area contributed by atoms with Crippen LogP contribution in [0.5, 0.6) is 0 Å². The van der Waals surface area contributed by atoms with Gasteiger partial charge in [0.05, 0.1) is 10.7 Å². The molecule has 0 aliphatic heterocycles. The van der Waals surface area contributed by atoms with Gasteiger partial charge >= 0.3 is 0 Å². The van der Waals surface area contributed by atoms with Crippen LogP contribution in [0.4, 0.5) is 5.69 Å². The number of thioether (sulfide) groups is 1. The highest BCUT2D eigenvalue weighted by molar-refractivity contribution is 8.01. The first-order chi connectivity index (χ1) is 7.58. The van der Waals surface area contributed by atoms with Crippen molar-refractivity contribution in [3.63, 3.8) is 0 Å². The molecular weight excluding hydrogens is 240 g/mol. The van der Waals surface area contributed by atoms with Crippen molar-refractivity contribution in [2.24, 2.45) is 5.73 Å². The van der Waals surface area contributed by atoms with Gasteiger partial charge in [-0.1, -0.05) is 29.9 Å². The second kappa shape index (κ2) is 6.50. The van der Waals surface area contributed by atoms with E-state index in [0.29, 0.717) is 16.5 Å². The van der Waals surface area contributed by atoms with Gasteiger partial charge in [0.1, 0.15) is 0 Å². The Labute approximate surface area is 105 Å². The zero-order chi connectivity index (χ0) is 12.0. The smallest absolute Gasteiger partial charge is 0.234 e. The van der Waals surface area contributed by atoms with Gasteiger partial charge in [-0.3, -0.25) is 4.79 Å². The zero-order valence-electron chi connectivity index (χ0n) is 9.03. The summed E-state index contributed by atoms with van der Waals surface area (Å²) in [5.41, 5.74) is 7.31. The zero-order valence-corrected chi connectivity index (χ0v) is 10.7. The SMILES string of the molecule is Cc1ccc(NC(=O)CSCC(N)=S)cc1. The highest BCUT2D eigenvalue weighted by Crippen LogP contribution is 2.09.